The predicted molar refractivity (Wildman–Crippen MR) is 73.5 cm³/mol. The zero-order valence-corrected chi connectivity index (χ0v) is 11.5. The van der Waals surface area contributed by atoms with Crippen LogP contribution in [0.4, 0.5) is 10.1 Å². The van der Waals surface area contributed by atoms with Crippen LogP contribution < -0.4 is 10.6 Å². The molecule has 0 saturated carbocycles. The zero-order chi connectivity index (χ0) is 15.1. The van der Waals surface area contributed by atoms with E-state index in [0.29, 0.717) is 13.0 Å². The molecule has 2 amide bonds. The van der Waals surface area contributed by atoms with Gasteiger partial charge in [0.1, 0.15) is 5.82 Å². The molecule has 0 radical (unpaired) electrons. The van der Waals surface area contributed by atoms with Gasteiger partial charge in [-0.15, -0.1) is 0 Å². The molecule has 5 nitrogen and oxygen atoms in total. The summed E-state index contributed by atoms with van der Waals surface area (Å²) in [6.45, 7) is 3.81. The first-order chi connectivity index (χ1) is 9.38. The number of carbonyl (C=O) groups excluding carboxylic acids is 2. The van der Waals surface area contributed by atoms with E-state index in [2.05, 4.69) is 10.6 Å². The Kier molecular flexibility index (Phi) is 6.11. The van der Waals surface area contributed by atoms with Gasteiger partial charge >= 0.3 is 11.8 Å². The van der Waals surface area contributed by atoms with Gasteiger partial charge in [0.05, 0.1) is 6.10 Å². The molecule has 3 N–H and O–H groups in total. The largest absolute Gasteiger partial charge is 0.393 e. The molecule has 1 aromatic carbocycles. The summed E-state index contributed by atoms with van der Waals surface area (Å²) in [5.41, 5.74) is 0.224. The number of rotatable bonds is 5. The van der Waals surface area contributed by atoms with Crippen molar-refractivity contribution in [2.45, 2.75) is 26.4 Å². The number of amides is 2. The molecule has 0 fully saturated rings. The highest BCUT2D eigenvalue weighted by molar-refractivity contribution is 6.39. The van der Waals surface area contributed by atoms with Crippen LogP contribution in [0.25, 0.3) is 0 Å². The van der Waals surface area contributed by atoms with Crippen LogP contribution in [0.1, 0.15) is 20.3 Å². The summed E-state index contributed by atoms with van der Waals surface area (Å²) >= 11 is 0. The van der Waals surface area contributed by atoms with Crippen molar-refractivity contribution >= 4 is 17.5 Å². The quantitative estimate of drug-likeness (QED) is 0.712. The van der Waals surface area contributed by atoms with Crippen molar-refractivity contribution in [3.63, 3.8) is 0 Å². The number of nitrogens with one attached hydrogen (secondary N) is 2. The average molecular weight is 282 g/mol. The van der Waals surface area contributed by atoms with Crippen LogP contribution >= 0.6 is 0 Å². The van der Waals surface area contributed by atoms with E-state index in [1.54, 1.807) is 6.92 Å². The van der Waals surface area contributed by atoms with Crippen molar-refractivity contribution in [3.05, 3.63) is 30.1 Å². The number of halogens is 1. The highest BCUT2D eigenvalue weighted by Crippen LogP contribution is 2.09. The van der Waals surface area contributed by atoms with Gasteiger partial charge in [0.25, 0.3) is 0 Å². The van der Waals surface area contributed by atoms with E-state index in [-0.39, 0.29) is 11.6 Å². The topological polar surface area (TPSA) is 78.4 Å². The molecule has 1 aromatic rings. The second-order valence-electron chi connectivity index (χ2n) is 4.86. The summed E-state index contributed by atoms with van der Waals surface area (Å²) in [5.74, 6) is -2.07. The molecule has 2 atom stereocenters. The Hall–Kier alpha value is -1.95. The van der Waals surface area contributed by atoms with Crippen LogP contribution in [0.2, 0.25) is 0 Å². The molecule has 0 aromatic heterocycles. The summed E-state index contributed by atoms with van der Waals surface area (Å²) in [6, 6.07) is 5.30. The number of aliphatic hydroxyl groups excluding tert-OH is 1. The second kappa shape index (κ2) is 7.59. The fourth-order valence-corrected chi connectivity index (χ4v) is 1.77. The molecule has 6 heteroatoms. The van der Waals surface area contributed by atoms with Crippen LogP contribution in [-0.4, -0.2) is 29.6 Å². The van der Waals surface area contributed by atoms with Crippen molar-refractivity contribution in [1.29, 1.82) is 0 Å². The lowest BCUT2D eigenvalue weighted by molar-refractivity contribution is -0.136. The Bertz CT molecular complexity index is 477. The fourth-order valence-electron chi connectivity index (χ4n) is 1.77. The minimum Gasteiger partial charge on any atom is -0.393 e. The monoisotopic (exact) mass is 282 g/mol. The first-order valence-corrected chi connectivity index (χ1v) is 6.41. The van der Waals surface area contributed by atoms with Crippen molar-refractivity contribution in [2.24, 2.45) is 5.92 Å². The Morgan fingerprint density at radius 2 is 2.00 bits per heavy atom. The van der Waals surface area contributed by atoms with Crippen LogP contribution in [0.5, 0.6) is 0 Å². The molecule has 110 valence electrons. The first-order valence-electron chi connectivity index (χ1n) is 6.41. The number of anilines is 1. The molecule has 0 saturated heterocycles. The summed E-state index contributed by atoms with van der Waals surface area (Å²) in [5, 5.41) is 14.0. The lowest BCUT2D eigenvalue weighted by Crippen LogP contribution is -2.38. The SMILES string of the molecule is CC(O)CC(C)CNC(=O)C(=O)Nc1cccc(F)c1. The smallest absolute Gasteiger partial charge is 0.313 e. The summed E-state index contributed by atoms with van der Waals surface area (Å²) < 4.78 is 12.9. The van der Waals surface area contributed by atoms with Crippen molar-refractivity contribution in [3.8, 4) is 0 Å². The summed E-state index contributed by atoms with van der Waals surface area (Å²) in [4.78, 5) is 23.1. The van der Waals surface area contributed by atoms with E-state index >= 15 is 0 Å². The standard InChI is InChI=1S/C14H19FN2O3/c1-9(6-10(2)18)8-16-13(19)14(20)17-12-5-3-4-11(15)7-12/h3-5,7,9-10,18H,6,8H2,1-2H3,(H,16,19)(H,17,20). The normalized spacial score (nSPS) is 13.4. The Balaban J connectivity index is 2.42. The van der Waals surface area contributed by atoms with Crippen LogP contribution in [0, 0.1) is 11.7 Å². The van der Waals surface area contributed by atoms with Crippen LogP contribution in [0.3, 0.4) is 0 Å². The Labute approximate surface area is 117 Å². The molecule has 2 unspecified atom stereocenters. The summed E-state index contributed by atoms with van der Waals surface area (Å²) in [6.07, 6.45) is 0.0780. The van der Waals surface area contributed by atoms with Gasteiger partial charge < -0.3 is 15.7 Å². The van der Waals surface area contributed by atoms with Gasteiger partial charge in [0.2, 0.25) is 0 Å². The van der Waals surface area contributed by atoms with Gasteiger partial charge in [0.15, 0.2) is 0 Å². The Morgan fingerprint density at radius 1 is 1.30 bits per heavy atom. The van der Waals surface area contributed by atoms with Gasteiger partial charge in [-0.1, -0.05) is 13.0 Å². The van der Waals surface area contributed by atoms with Gasteiger partial charge in [0, 0.05) is 12.2 Å². The molecule has 1 rings (SSSR count). The first kappa shape index (κ1) is 16.1. The fraction of sp³-hybridized carbons (Fsp3) is 0.429. The molecular formula is C14H19FN2O3. The minimum absolute atomic E-state index is 0.0564. The number of aliphatic hydroxyl groups is 1. The number of hydrogen-bond acceptors (Lipinski definition) is 3. The number of benzene rings is 1. The molecule has 0 aliphatic rings. The third kappa shape index (κ3) is 5.79. The minimum atomic E-state index is -0.847. The maximum Gasteiger partial charge on any atom is 0.313 e. The predicted octanol–water partition coefficient (Wildman–Crippen LogP) is 1.29. The van der Waals surface area contributed by atoms with Gasteiger partial charge in [-0.05, 0) is 37.5 Å². The third-order valence-electron chi connectivity index (χ3n) is 2.64. The van der Waals surface area contributed by atoms with E-state index in [9.17, 15) is 19.1 Å². The molecule has 0 bridgehead atoms. The molecule has 20 heavy (non-hydrogen) atoms. The molecule has 0 aliphatic heterocycles. The lowest BCUT2D eigenvalue weighted by atomic mass is 10.0. The maximum absolute atomic E-state index is 12.9. The Morgan fingerprint density at radius 3 is 2.60 bits per heavy atom. The van der Waals surface area contributed by atoms with Gasteiger partial charge in [-0.25, -0.2) is 4.39 Å². The third-order valence-corrected chi connectivity index (χ3v) is 2.64. The molecule has 0 spiro atoms. The van der Waals surface area contributed by atoms with Gasteiger partial charge in [-0.2, -0.15) is 0 Å². The lowest BCUT2D eigenvalue weighted by Gasteiger charge is -2.14. The maximum atomic E-state index is 12.9. The van der Waals surface area contributed by atoms with Crippen molar-refractivity contribution in [1.82, 2.24) is 5.32 Å². The van der Waals surface area contributed by atoms with E-state index in [1.807, 2.05) is 6.92 Å². The highest BCUT2D eigenvalue weighted by Gasteiger charge is 2.15. The molecule has 0 aliphatic carbocycles. The summed E-state index contributed by atoms with van der Waals surface area (Å²) in [7, 11) is 0. The average Bonchev–Trinajstić information content (AvgIpc) is 2.35. The van der Waals surface area contributed by atoms with E-state index < -0.39 is 23.7 Å². The number of hydrogen-bond donors (Lipinski definition) is 3. The van der Waals surface area contributed by atoms with E-state index in [1.165, 1.54) is 18.2 Å². The van der Waals surface area contributed by atoms with Crippen molar-refractivity contribution in [2.75, 3.05) is 11.9 Å². The van der Waals surface area contributed by atoms with Crippen LogP contribution in [-0.2, 0) is 9.59 Å². The molecule has 0 heterocycles. The van der Waals surface area contributed by atoms with E-state index in [4.69, 9.17) is 0 Å². The van der Waals surface area contributed by atoms with E-state index in [0.717, 1.165) is 6.07 Å². The number of carbonyl (C=O) groups is 2. The van der Waals surface area contributed by atoms with Crippen LogP contribution in [0.15, 0.2) is 24.3 Å². The molecular weight excluding hydrogens is 263 g/mol. The van der Waals surface area contributed by atoms with Crippen molar-refractivity contribution < 1.29 is 19.1 Å². The zero-order valence-electron chi connectivity index (χ0n) is 11.5. The highest BCUT2D eigenvalue weighted by atomic mass is 19.1. The van der Waals surface area contributed by atoms with Gasteiger partial charge in [-0.3, -0.25) is 9.59 Å². The second-order valence-corrected chi connectivity index (χ2v) is 4.86.